The average Bonchev–Trinajstić information content (AvgIpc) is 2.45. The first-order valence-corrected chi connectivity index (χ1v) is 8.67. The summed E-state index contributed by atoms with van der Waals surface area (Å²) >= 11 is 0. The van der Waals surface area contributed by atoms with Crippen LogP contribution in [0.3, 0.4) is 0 Å². The van der Waals surface area contributed by atoms with Crippen molar-refractivity contribution in [2.45, 2.75) is 26.7 Å². The van der Waals surface area contributed by atoms with Crippen molar-refractivity contribution in [2.24, 2.45) is 5.92 Å². The van der Waals surface area contributed by atoms with E-state index in [4.69, 9.17) is 5.11 Å². The first-order chi connectivity index (χ1) is 9.84. The molecule has 0 aromatic heterocycles. The Bertz CT molecular complexity index is 573. The smallest absolute Gasteiger partial charge is 0.303 e. The number of aliphatic hydroxyl groups is 1. The summed E-state index contributed by atoms with van der Waals surface area (Å²) in [6, 6.07) is 5.78. The molecular formula is C15H24N2O3S. The highest BCUT2D eigenvalue weighted by Gasteiger charge is 2.31. The van der Waals surface area contributed by atoms with Gasteiger partial charge in [0.25, 0.3) is 0 Å². The van der Waals surface area contributed by atoms with E-state index in [0.29, 0.717) is 18.8 Å². The highest BCUT2D eigenvalue weighted by Crippen LogP contribution is 2.25. The summed E-state index contributed by atoms with van der Waals surface area (Å²) in [4.78, 5) is 0. The van der Waals surface area contributed by atoms with E-state index in [1.807, 2.05) is 32.0 Å². The van der Waals surface area contributed by atoms with Gasteiger partial charge in [-0.2, -0.15) is 12.7 Å². The van der Waals surface area contributed by atoms with E-state index in [9.17, 15) is 8.42 Å². The molecule has 1 N–H and O–H groups in total. The summed E-state index contributed by atoms with van der Waals surface area (Å²) in [5, 5.41) is 9.15. The molecule has 0 bridgehead atoms. The Labute approximate surface area is 127 Å². The summed E-state index contributed by atoms with van der Waals surface area (Å²) in [6.07, 6.45) is 1.44. The van der Waals surface area contributed by atoms with E-state index in [2.05, 4.69) is 0 Å². The molecule has 0 unspecified atom stereocenters. The molecule has 0 spiro atoms. The lowest BCUT2D eigenvalue weighted by atomic mass is 10.00. The molecule has 0 atom stereocenters. The maximum atomic E-state index is 12.7. The lowest BCUT2D eigenvalue weighted by molar-refractivity contribution is 0.170. The largest absolute Gasteiger partial charge is 0.396 e. The van der Waals surface area contributed by atoms with Gasteiger partial charge in [0, 0.05) is 26.7 Å². The third kappa shape index (κ3) is 3.56. The van der Waals surface area contributed by atoms with Crippen LogP contribution in [-0.4, -0.2) is 44.6 Å². The molecule has 1 aromatic rings. The SMILES string of the molecule is Cc1cc(C)cc(N(C)S(=O)(=O)N2CCC(CO)CC2)c1. The molecule has 1 fully saturated rings. The molecular weight excluding hydrogens is 288 g/mol. The normalized spacial score (nSPS) is 17.9. The molecule has 5 nitrogen and oxygen atoms in total. The fraction of sp³-hybridized carbons (Fsp3) is 0.600. The van der Waals surface area contributed by atoms with Crippen molar-refractivity contribution >= 4 is 15.9 Å². The van der Waals surface area contributed by atoms with E-state index in [0.717, 1.165) is 24.0 Å². The van der Waals surface area contributed by atoms with Crippen LogP contribution >= 0.6 is 0 Å². The standard InChI is InChI=1S/C15H24N2O3S/c1-12-8-13(2)10-15(9-12)16(3)21(19,20)17-6-4-14(11-18)5-7-17/h8-10,14,18H,4-7,11H2,1-3H3. The Morgan fingerprint density at radius 3 is 2.19 bits per heavy atom. The first-order valence-electron chi connectivity index (χ1n) is 7.27. The van der Waals surface area contributed by atoms with Crippen molar-refractivity contribution in [3.63, 3.8) is 0 Å². The molecule has 0 aliphatic carbocycles. The molecule has 1 heterocycles. The fourth-order valence-corrected chi connectivity index (χ4v) is 4.15. The second kappa shape index (κ2) is 6.34. The van der Waals surface area contributed by atoms with Crippen molar-refractivity contribution in [1.29, 1.82) is 0 Å². The number of anilines is 1. The fourth-order valence-electron chi connectivity index (χ4n) is 2.76. The zero-order valence-electron chi connectivity index (χ0n) is 12.9. The highest BCUT2D eigenvalue weighted by atomic mass is 32.2. The summed E-state index contributed by atoms with van der Waals surface area (Å²) in [6.45, 7) is 5.01. The Hall–Kier alpha value is -1.11. The van der Waals surface area contributed by atoms with Gasteiger partial charge < -0.3 is 5.11 Å². The number of rotatable bonds is 4. The lowest BCUT2D eigenvalue weighted by Crippen LogP contribution is -2.46. The minimum absolute atomic E-state index is 0.140. The van der Waals surface area contributed by atoms with E-state index in [1.165, 1.54) is 8.61 Å². The zero-order valence-corrected chi connectivity index (χ0v) is 13.7. The van der Waals surface area contributed by atoms with Gasteiger partial charge in [0.05, 0.1) is 5.69 Å². The van der Waals surface area contributed by atoms with Gasteiger partial charge in [-0.05, 0) is 55.9 Å². The third-order valence-corrected chi connectivity index (χ3v) is 5.99. The van der Waals surface area contributed by atoms with Crippen LogP contribution < -0.4 is 4.31 Å². The van der Waals surface area contributed by atoms with Crippen LogP contribution in [0.2, 0.25) is 0 Å². The summed E-state index contributed by atoms with van der Waals surface area (Å²) < 4.78 is 28.3. The predicted molar refractivity (Wildman–Crippen MR) is 84.6 cm³/mol. The molecule has 1 saturated heterocycles. The van der Waals surface area contributed by atoms with Crippen LogP contribution in [0.1, 0.15) is 24.0 Å². The Balaban J connectivity index is 2.19. The van der Waals surface area contributed by atoms with E-state index in [-0.39, 0.29) is 12.5 Å². The molecule has 0 saturated carbocycles. The summed E-state index contributed by atoms with van der Waals surface area (Å²) in [5.41, 5.74) is 2.79. The van der Waals surface area contributed by atoms with Crippen molar-refractivity contribution in [1.82, 2.24) is 4.31 Å². The predicted octanol–water partition coefficient (Wildman–Crippen LogP) is 1.69. The van der Waals surface area contributed by atoms with Gasteiger partial charge in [0.1, 0.15) is 0 Å². The molecule has 118 valence electrons. The van der Waals surface area contributed by atoms with Crippen LogP contribution in [0, 0.1) is 19.8 Å². The lowest BCUT2D eigenvalue weighted by Gasteiger charge is -2.33. The van der Waals surface area contributed by atoms with E-state index in [1.54, 1.807) is 7.05 Å². The van der Waals surface area contributed by atoms with Crippen molar-refractivity contribution < 1.29 is 13.5 Å². The number of nitrogens with zero attached hydrogens (tertiary/aromatic N) is 2. The molecule has 1 aliphatic heterocycles. The summed E-state index contributed by atoms with van der Waals surface area (Å²) in [7, 11) is -1.90. The van der Waals surface area contributed by atoms with Crippen LogP contribution in [-0.2, 0) is 10.2 Å². The van der Waals surface area contributed by atoms with Crippen molar-refractivity contribution in [3.05, 3.63) is 29.3 Å². The minimum Gasteiger partial charge on any atom is -0.396 e. The molecule has 1 aromatic carbocycles. The summed E-state index contributed by atoms with van der Waals surface area (Å²) in [5.74, 6) is 0.225. The van der Waals surface area contributed by atoms with Gasteiger partial charge >= 0.3 is 10.2 Å². The number of hydrogen-bond acceptors (Lipinski definition) is 3. The van der Waals surface area contributed by atoms with Crippen LogP contribution in [0.4, 0.5) is 5.69 Å². The average molecular weight is 312 g/mol. The molecule has 1 aliphatic rings. The van der Waals surface area contributed by atoms with Gasteiger partial charge in [-0.15, -0.1) is 0 Å². The number of aliphatic hydroxyl groups excluding tert-OH is 1. The maximum Gasteiger partial charge on any atom is 0.303 e. The molecule has 0 amide bonds. The quantitative estimate of drug-likeness (QED) is 0.920. The molecule has 0 radical (unpaired) electrons. The van der Waals surface area contributed by atoms with E-state index < -0.39 is 10.2 Å². The van der Waals surface area contributed by atoms with Gasteiger partial charge in [-0.3, -0.25) is 4.31 Å². The number of piperidine rings is 1. The Morgan fingerprint density at radius 1 is 1.19 bits per heavy atom. The van der Waals surface area contributed by atoms with Crippen LogP contribution in [0.5, 0.6) is 0 Å². The van der Waals surface area contributed by atoms with Gasteiger partial charge in [-0.1, -0.05) is 6.07 Å². The highest BCUT2D eigenvalue weighted by molar-refractivity contribution is 7.90. The third-order valence-electron chi connectivity index (χ3n) is 4.07. The number of hydrogen-bond donors (Lipinski definition) is 1. The second-order valence-corrected chi connectivity index (χ2v) is 7.81. The molecule has 6 heteroatoms. The monoisotopic (exact) mass is 312 g/mol. The van der Waals surface area contributed by atoms with Crippen LogP contribution in [0.15, 0.2) is 18.2 Å². The number of aryl methyl sites for hydroxylation is 2. The zero-order chi connectivity index (χ0) is 15.6. The molecule has 2 rings (SSSR count). The van der Waals surface area contributed by atoms with Crippen molar-refractivity contribution in [3.8, 4) is 0 Å². The second-order valence-electron chi connectivity index (χ2n) is 5.85. The van der Waals surface area contributed by atoms with Gasteiger partial charge in [0.15, 0.2) is 0 Å². The number of benzene rings is 1. The van der Waals surface area contributed by atoms with Crippen LogP contribution in [0.25, 0.3) is 0 Å². The van der Waals surface area contributed by atoms with Crippen molar-refractivity contribution in [2.75, 3.05) is 31.0 Å². The minimum atomic E-state index is -3.50. The van der Waals surface area contributed by atoms with Gasteiger partial charge in [0.2, 0.25) is 0 Å². The molecule has 21 heavy (non-hydrogen) atoms. The first kappa shape index (κ1) is 16.3. The Kier molecular flexibility index (Phi) is 4.91. The van der Waals surface area contributed by atoms with Gasteiger partial charge in [-0.25, -0.2) is 0 Å². The Morgan fingerprint density at radius 2 is 1.71 bits per heavy atom. The van der Waals surface area contributed by atoms with E-state index >= 15 is 0 Å². The maximum absolute atomic E-state index is 12.7. The topological polar surface area (TPSA) is 60.9 Å².